The second-order valence-electron chi connectivity index (χ2n) is 4.20. The highest BCUT2D eigenvalue weighted by atomic mass is 13.9. The highest BCUT2D eigenvalue weighted by Gasteiger charge is 1.85. The van der Waals surface area contributed by atoms with Crippen LogP contribution >= 0.6 is 0 Å². The maximum absolute atomic E-state index is 2.22. The summed E-state index contributed by atoms with van der Waals surface area (Å²) in [6.45, 7) is 20.5. The normalized spacial score (nSPS) is 6.80. The Labute approximate surface area is 161 Å². The fourth-order valence-electron chi connectivity index (χ4n) is 1.32. The van der Waals surface area contributed by atoms with Gasteiger partial charge in [-0.2, -0.15) is 0 Å². The summed E-state index contributed by atoms with van der Waals surface area (Å²) in [5, 5.41) is 0. The maximum atomic E-state index is 2.22. The first-order chi connectivity index (χ1) is 11.7. The van der Waals surface area contributed by atoms with Crippen LogP contribution in [-0.2, 0) is 6.42 Å². The maximum Gasteiger partial charge on any atom is -0.0307 e. The van der Waals surface area contributed by atoms with Gasteiger partial charge in [-0.1, -0.05) is 142 Å². The molecule has 0 amide bonds. The fraction of sp³-hybridized carbons (Fsp3) is 0.520. The van der Waals surface area contributed by atoms with E-state index >= 15 is 0 Å². The van der Waals surface area contributed by atoms with Gasteiger partial charge in [0.2, 0.25) is 0 Å². The molecular weight excluding hydrogens is 300 g/mol. The molecular formula is C25H48. The Morgan fingerprint density at radius 2 is 0.920 bits per heavy atom. The standard InChI is InChI=1S/C9H12.C6H6.C3H8.3C2H6.CH4/c1-3-9-6-4-5-8(2)7-9;1-2-4-6-5-3-1;1-3-2;3*1-2;/h4-7H,3H2,1-2H3;1-6H;3H2,1-2H3;3*1-2H3;1H4. The van der Waals surface area contributed by atoms with Crippen molar-refractivity contribution in [3.63, 3.8) is 0 Å². The van der Waals surface area contributed by atoms with Gasteiger partial charge in [0, 0.05) is 0 Å². The summed E-state index contributed by atoms with van der Waals surface area (Å²) < 4.78 is 0. The van der Waals surface area contributed by atoms with Crippen LogP contribution < -0.4 is 0 Å². The molecule has 0 aliphatic heterocycles. The summed E-state index contributed by atoms with van der Waals surface area (Å²) in [5.74, 6) is 0. The van der Waals surface area contributed by atoms with Crippen LogP contribution in [0.15, 0.2) is 60.7 Å². The predicted octanol–water partition coefficient (Wildman–Crippen LogP) is 9.38. The van der Waals surface area contributed by atoms with Gasteiger partial charge in [-0.3, -0.25) is 0 Å². The van der Waals surface area contributed by atoms with E-state index in [9.17, 15) is 0 Å². The van der Waals surface area contributed by atoms with Crippen LogP contribution in [0.4, 0.5) is 0 Å². The van der Waals surface area contributed by atoms with Gasteiger partial charge in [0.05, 0.1) is 0 Å². The van der Waals surface area contributed by atoms with Gasteiger partial charge < -0.3 is 0 Å². The van der Waals surface area contributed by atoms with Gasteiger partial charge in [-0.15, -0.1) is 0 Å². The van der Waals surface area contributed by atoms with Crippen LogP contribution in [0.3, 0.4) is 0 Å². The Bertz CT molecular complexity index is 350. The van der Waals surface area contributed by atoms with E-state index in [0.29, 0.717) is 0 Å². The molecule has 0 heterocycles. The van der Waals surface area contributed by atoms with Crippen molar-refractivity contribution in [1.82, 2.24) is 0 Å². The number of aryl methyl sites for hydroxylation is 2. The highest BCUT2D eigenvalue weighted by molar-refractivity contribution is 5.21. The molecule has 2 rings (SSSR count). The molecule has 0 unspecified atom stereocenters. The zero-order valence-electron chi connectivity index (χ0n) is 18.2. The Morgan fingerprint density at radius 3 is 1.12 bits per heavy atom. The zero-order valence-corrected chi connectivity index (χ0v) is 18.2. The molecule has 0 saturated heterocycles. The lowest BCUT2D eigenvalue weighted by Crippen LogP contribution is -1.78. The zero-order chi connectivity index (χ0) is 19.6. The molecule has 0 fully saturated rings. The van der Waals surface area contributed by atoms with Crippen molar-refractivity contribution in [1.29, 1.82) is 0 Å². The average Bonchev–Trinajstić information content (AvgIpc) is 2.69. The fourth-order valence-corrected chi connectivity index (χ4v) is 1.32. The van der Waals surface area contributed by atoms with Crippen LogP contribution in [0.1, 0.15) is 87.3 Å². The lowest BCUT2D eigenvalue weighted by Gasteiger charge is -1.95. The Hall–Kier alpha value is -1.56. The Kier molecular flexibility index (Phi) is 53.0. The highest BCUT2D eigenvalue weighted by Crippen LogP contribution is 2.03. The summed E-state index contributed by atoms with van der Waals surface area (Å²) in [4.78, 5) is 0. The van der Waals surface area contributed by atoms with Crippen molar-refractivity contribution in [2.45, 2.75) is 89.5 Å². The predicted molar refractivity (Wildman–Crippen MR) is 124 cm³/mol. The molecule has 25 heavy (non-hydrogen) atoms. The Morgan fingerprint density at radius 1 is 0.600 bits per heavy atom. The average molecular weight is 349 g/mol. The van der Waals surface area contributed by atoms with E-state index in [1.807, 2.05) is 77.9 Å². The molecule has 0 radical (unpaired) electrons. The van der Waals surface area contributed by atoms with E-state index in [-0.39, 0.29) is 7.43 Å². The van der Waals surface area contributed by atoms with Crippen molar-refractivity contribution in [3.05, 3.63) is 71.8 Å². The van der Waals surface area contributed by atoms with E-state index in [0.717, 1.165) is 6.42 Å². The van der Waals surface area contributed by atoms with Gasteiger partial charge in [0.15, 0.2) is 0 Å². The lowest BCUT2D eigenvalue weighted by molar-refractivity contribution is 1.09. The monoisotopic (exact) mass is 348 g/mol. The van der Waals surface area contributed by atoms with E-state index in [4.69, 9.17) is 0 Å². The lowest BCUT2D eigenvalue weighted by atomic mass is 10.1. The molecule has 148 valence electrons. The first-order valence-corrected chi connectivity index (χ1v) is 9.80. The van der Waals surface area contributed by atoms with Crippen molar-refractivity contribution in [2.75, 3.05) is 0 Å². The molecule has 0 nitrogen and oxygen atoms in total. The van der Waals surface area contributed by atoms with E-state index in [1.54, 1.807) is 0 Å². The van der Waals surface area contributed by atoms with E-state index in [2.05, 4.69) is 52.0 Å². The third-order valence-corrected chi connectivity index (χ3v) is 2.16. The summed E-state index contributed by atoms with van der Waals surface area (Å²) in [6.07, 6.45) is 2.39. The second-order valence-corrected chi connectivity index (χ2v) is 4.20. The molecule has 2 aromatic carbocycles. The molecule has 0 bridgehead atoms. The molecule has 0 N–H and O–H groups in total. The van der Waals surface area contributed by atoms with Crippen molar-refractivity contribution in [3.8, 4) is 0 Å². The first-order valence-electron chi connectivity index (χ1n) is 9.80. The number of hydrogen-bond acceptors (Lipinski definition) is 0. The molecule has 0 saturated carbocycles. The quantitative estimate of drug-likeness (QED) is 0.481. The van der Waals surface area contributed by atoms with Gasteiger partial charge in [0.1, 0.15) is 0 Å². The van der Waals surface area contributed by atoms with Crippen LogP contribution in [0.25, 0.3) is 0 Å². The van der Waals surface area contributed by atoms with Gasteiger partial charge in [-0.25, -0.2) is 0 Å². The van der Waals surface area contributed by atoms with Crippen LogP contribution in [0.2, 0.25) is 0 Å². The molecule has 0 aromatic heterocycles. The first kappa shape index (κ1) is 34.7. The van der Waals surface area contributed by atoms with Crippen molar-refractivity contribution in [2.24, 2.45) is 0 Å². The third kappa shape index (κ3) is 34.7. The van der Waals surface area contributed by atoms with Crippen LogP contribution in [-0.4, -0.2) is 0 Å². The summed E-state index contributed by atoms with van der Waals surface area (Å²) >= 11 is 0. The minimum absolute atomic E-state index is 0. The molecule has 0 atom stereocenters. The van der Waals surface area contributed by atoms with Gasteiger partial charge in [-0.05, 0) is 18.9 Å². The van der Waals surface area contributed by atoms with Gasteiger partial charge >= 0.3 is 0 Å². The SMILES string of the molecule is C.CC.CC.CC.CCC.CCc1cccc(C)c1.c1ccccc1. The van der Waals surface area contributed by atoms with Crippen LogP contribution in [0, 0.1) is 6.92 Å². The summed E-state index contributed by atoms with van der Waals surface area (Å²) in [6, 6.07) is 20.6. The number of hydrogen-bond donors (Lipinski definition) is 0. The largest absolute Gasteiger partial charge is 0.0776 e. The van der Waals surface area contributed by atoms with Crippen molar-refractivity contribution >= 4 is 0 Å². The van der Waals surface area contributed by atoms with Gasteiger partial charge in [0.25, 0.3) is 0 Å². The second kappa shape index (κ2) is 38.2. The molecule has 0 heteroatoms. The Balaban J connectivity index is -0.0000000733. The minimum Gasteiger partial charge on any atom is -0.0776 e. The molecule has 0 spiro atoms. The van der Waals surface area contributed by atoms with E-state index in [1.165, 1.54) is 17.5 Å². The van der Waals surface area contributed by atoms with Crippen molar-refractivity contribution < 1.29 is 0 Å². The number of benzene rings is 2. The van der Waals surface area contributed by atoms with Crippen LogP contribution in [0.5, 0.6) is 0 Å². The molecule has 0 aliphatic carbocycles. The topological polar surface area (TPSA) is 0 Å². The number of rotatable bonds is 1. The molecule has 0 aliphatic rings. The smallest absolute Gasteiger partial charge is 0.0307 e. The molecule has 2 aromatic rings. The third-order valence-electron chi connectivity index (χ3n) is 2.16. The minimum atomic E-state index is 0. The van der Waals surface area contributed by atoms with E-state index < -0.39 is 0 Å². The summed E-state index contributed by atoms with van der Waals surface area (Å²) in [7, 11) is 0. The summed E-state index contributed by atoms with van der Waals surface area (Å²) in [5.41, 5.74) is 2.78.